The molecule has 0 atom stereocenters. The SMILES string of the molecule is C=C(C)/C=C(/NC(=O)Nc1ccc(-c2cccc3nnc(N)n23)cc1)C(=C)F. The molecule has 0 saturated carbocycles. The standard InChI is InChI=1S/C20H19FN6O/c1-12(2)11-16(13(3)21)24-20(28)23-15-9-7-14(8-10-15)17-5-4-6-18-25-26-19(22)27(17)18/h4-11H,1,3H2,2H3,(H2,22,26)(H2,23,24,28)/b16-11+. The fourth-order valence-electron chi connectivity index (χ4n) is 2.63. The molecule has 142 valence electrons. The number of rotatable bonds is 5. The maximum absolute atomic E-state index is 13.4. The summed E-state index contributed by atoms with van der Waals surface area (Å²) in [4.78, 5) is 12.1. The minimum atomic E-state index is -0.756. The predicted molar refractivity (Wildman–Crippen MR) is 108 cm³/mol. The Balaban J connectivity index is 1.77. The number of amides is 2. The van der Waals surface area contributed by atoms with Crippen molar-refractivity contribution < 1.29 is 9.18 Å². The van der Waals surface area contributed by atoms with Gasteiger partial charge in [0.05, 0.1) is 11.4 Å². The summed E-state index contributed by atoms with van der Waals surface area (Å²) in [6, 6.07) is 12.1. The quantitative estimate of drug-likeness (QED) is 0.584. The minimum absolute atomic E-state index is 0.0450. The third-order valence-electron chi connectivity index (χ3n) is 3.82. The number of anilines is 2. The number of halogens is 1. The Hall–Kier alpha value is -3.94. The molecular weight excluding hydrogens is 359 g/mol. The van der Waals surface area contributed by atoms with Gasteiger partial charge in [-0.05, 0) is 42.8 Å². The van der Waals surface area contributed by atoms with Gasteiger partial charge in [-0.3, -0.25) is 4.40 Å². The van der Waals surface area contributed by atoms with Gasteiger partial charge in [-0.25, -0.2) is 9.18 Å². The largest absolute Gasteiger partial charge is 0.368 e. The van der Waals surface area contributed by atoms with Crippen LogP contribution in [0.15, 0.2) is 78.8 Å². The number of hydrogen-bond donors (Lipinski definition) is 3. The normalized spacial score (nSPS) is 11.3. The molecule has 28 heavy (non-hydrogen) atoms. The summed E-state index contributed by atoms with van der Waals surface area (Å²) < 4.78 is 15.2. The first-order chi connectivity index (χ1) is 13.3. The molecule has 7 nitrogen and oxygen atoms in total. The number of allylic oxidation sites excluding steroid dienone is 3. The van der Waals surface area contributed by atoms with E-state index in [-0.39, 0.29) is 11.6 Å². The van der Waals surface area contributed by atoms with Crippen LogP contribution in [-0.2, 0) is 0 Å². The van der Waals surface area contributed by atoms with E-state index < -0.39 is 11.9 Å². The second kappa shape index (κ2) is 7.75. The van der Waals surface area contributed by atoms with Crippen LogP contribution in [-0.4, -0.2) is 20.6 Å². The lowest BCUT2D eigenvalue weighted by molar-refractivity contribution is 0.254. The molecule has 4 N–H and O–H groups in total. The number of hydrogen-bond acceptors (Lipinski definition) is 4. The number of nitrogens with zero attached hydrogens (tertiary/aromatic N) is 3. The van der Waals surface area contributed by atoms with Gasteiger partial charge in [0.2, 0.25) is 5.95 Å². The average Bonchev–Trinajstić information content (AvgIpc) is 3.03. The molecule has 2 aromatic heterocycles. The molecule has 0 radical (unpaired) electrons. The van der Waals surface area contributed by atoms with E-state index in [1.165, 1.54) is 6.08 Å². The van der Waals surface area contributed by atoms with E-state index in [0.717, 1.165) is 11.3 Å². The summed E-state index contributed by atoms with van der Waals surface area (Å²) in [6.45, 7) is 8.54. The Morgan fingerprint density at radius 2 is 1.89 bits per heavy atom. The molecule has 0 saturated heterocycles. The fraction of sp³-hybridized carbons (Fsp3) is 0.0500. The summed E-state index contributed by atoms with van der Waals surface area (Å²) in [5.41, 5.74) is 9.28. The first kappa shape index (κ1) is 18.8. The number of carbonyl (C=O) groups excluding carboxylic acids is 1. The molecular formula is C20H19FN6O. The summed E-state index contributed by atoms with van der Waals surface area (Å²) in [7, 11) is 0. The number of nitrogens with two attached hydrogens (primary N) is 1. The monoisotopic (exact) mass is 378 g/mol. The van der Waals surface area contributed by atoms with Crippen molar-refractivity contribution in [1.82, 2.24) is 19.9 Å². The highest BCUT2D eigenvalue weighted by Gasteiger charge is 2.10. The van der Waals surface area contributed by atoms with Crippen molar-refractivity contribution in [3.05, 3.63) is 78.8 Å². The van der Waals surface area contributed by atoms with E-state index >= 15 is 0 Å². The topological polar surface area (TPSA) is 97.3 Å². The van der Waals surface area contributed by atoms with Gasteiger partial charge in [-0.2, -0.15) is 0 Å². The Morgan fingerprint density at radius 1 is 1.18 bits per heavy atom. The molecule has 0 aliphatic carbocycles. The Morgan fingerprint density at radius 3 is 2.54 bits per heavy atom. The molecule has 8 heteroatoms. The van der Waals surface area contributed by atoms with E-state index in [1.807, 2.05) is 30.3 Å². The van der Waals surface area contributed by atoms with Crippen LogP contribution in [0.1, 0.15) is 6.92 Å². The minimum Gasteiger partial charge on any atom is -0.368 e. The predicted octanol–water partition coefficient (Wildman–Crippen LogP) is 4.04. The number of fused-ring (bicyclic) bond motifs is 1. The van der Waals surface area contributed by atoms with Crippen molar-refractivity contribution in [2.75, 3.05) is 11.1 Å². The van der Waals surface area contributed by atoms with Crippen LogP contribution in [0, 0.1) is 0 Å². The number of nitrogens with one attached hydrogen (secondary N) is 2. The van der Waals surface area contributed by atoms with Crippen LogP contribution in [0.3, 0.4) is 0 Å². The summed E-state index contributed by atoms with van der Waals surface area (Å²) in [5.74, 6) is -0.469. The number of benzene rings is 1. The van der Waals surface area contributed by atoms with E-state index in [1.54, 1.807) is 23.5 Å². The van der Waals surface area contributed by atoms with Gasteiger partial charge >= 0.3 is 6.03 Å². The van der Waals surface area contributed by atoms with E-state index in [9.17, 15) is 9.18 Å². The summed E-state index contributed by atoms with van der Waals surface area (Å²) in [5, 5.41) is 12.9. The smallest absolute Gasteiger partial charge is 0.323 e. The first-order valence-electron chi connectivity index (χ1n) is 8.35. The lowest BCUT2D eigenvalue weighted by Crippen LogP contribution is -2.28. The van der Waals surface area contributed by atoms with Crippen LogP contribution >= 0.6 is 0 Å². The third-order valence-corrected chi connectivity index (χ3v) is 3.82. The highest BCUT2D eigenvalue weighted by atomic mass is 19.1. The second-order valence-corrected chi connectivity index (χ2v) is 6.13. The van der Waals surface area contributed by atoms with Crippen molar-refractivity contribution in [2.24, 2.45) is 0 Å². The van der Waals surface area contributed by atoms with Crippen LogP contribution in [0.25, 0.3) is 16.9 Å². The molecule has 1 aromatic carbocycles. The van der Waals surface area contributed by atoms with Gasteiger partial charge in [0.1, 0.15) is 5.83 Å². The van der Waals surface area contributed by atoms with E-state index in [2.05, 4.69) is 34.0 Å². The number of nitrogen functional groups attached to an aromatic ring is 1. The lowest BCUT2D eigenvalue weighted by atomic mass is 10.1. The van der Waals surface area contributed by atoms with Crippen molar-refractivity contribution in [3.63, 3.8) is 0 Å². The van der Waals surface area contributed by atoms with Crippen LogP contribution in [0.2, 0.25) is 0 Å². The highest BCUT2D eigenvalue weighted by Crippen LogP contribution is 2.24. The molecule has 0 aliphatic heterocycles. The molecule has 0 aliphatic rings. The summed E-state index contributed by atoms with van der Waals surface area (Å²) in [6.07, 6.45) is 1.40. The van der Waals surface area contributed by atoms with Crippen molar-refractivity contribution in [1.29, 1.82) is 0 Å². The zero-order valence-electron chi connectivity index (χ0n) is 15.2. The molecule has 0 spiro atoms. The van der Waals surface area contributed by atoms with Crippen LogP contribution < -0.4 is 16.4 Å². The molecule has 3 rings (SSSR count). The molecule has 3 aromatic rings. The zero-order valence-corrected chi connectivity index (χ0v) is 15.2. The van der Waals surface area contributed by atoms with Crippen LogP contribution in [0.4, 0.5) is 20.8 Å². The zero-order chi connectivity index (χ0) is 20.3. The van der Waals surface area contributed by atoms with E-state index in [4.69, 9.17) is 5.73 Å². The molecule has 2 heterocycles. The average molecular weight is 378 g/mol. The van der Waals surface area contributed by atoms with Gasteiger partial charge < -0.3 is 16.4 Å². The van der Waals surface area contributed by atoms with Crippen molar-refractivity contribution >= 4 is 23.3 Å². The molecule has 0 unspecified atom stereocenters. The number of urea groups is 1. The van der Waals surface area contributed by atoms with Gasteiger partial charge in [0, 0.05) is 5.69 Å². The van der Waals surface area contributed by atoms with Crippen molar-refractivity contribution in [3.8, 4) is 11.3 Å². The first-order valence-corrected chi connectivity index (χ1v) is 8.35. The maximum atomic E-state index is 13.4. The molecule has 2 amide bonds. The highest BCUT2D eigenvalue weighted by molar-refractivity contribution is 5.91. The lowest BCUT2D eigenvalue weighted by Gasteiger charge is -2.11. The number of pyridine rings is 1. The Kier molecular flexibility index (Phi) is 5.21. The molecule has 0 bridgehead atoms. The van der Waals surface area contributed by atoms with Gasteiger partial charge in [0.15, 0.2) is 5.65 Å². The van der Waals surface area contributed by atoms with Crippen molar-refractivity contribution in [2.45, 2.75) is 6.92 Å². The number of carbonyl (C=O) groups is 1. The summed E-state index contributed by atoms with van der Waals surface area (Å²) >= 11 is 0. The van der Waals surface area contributed by atoms with Gasteiger partial charge in [-0.1, -0.05) is 36.9 Å². The molecule has 0 fully saturated rings. The van der Waals surface area contributed by atoms with Gasteiger partial charge in [-0.15, -0.1) is 10.2 Å². The second-order valence-electron chi connectivity index (χ2n) is 6.13. The third kappa shape index (κ3) is 4.07. The maximum Gasteiger partial charge on any atom is 0.323 e. The van der Waals surface area contributed by atoms with Gasteiger partial charge in [0.25, 0.3) is 0 Å². The van der Waals surface area contributed by atoms with E-state index in [0.29, 0.717) is 16.9 Å². The number of aromatic nitrogens is 3. The Bertz CT molecular complexity index is 1100. The van der Waals surface area contributed by atoms with Crippen LogP contribution in [0.5, 0.6) is 0 Å². The Labute approximate surface area is 161 Å². The fourth-order valence-corrected chi connectivity index (χ4v) is 2.63.